The van der Waals surface area contributed by atoms with Crippen LogP contribution in [0.2, 0.25) is 0 Å². The average molecular weight is 228 g/mol. The van der Waals surface area contributed by atoms with Crippen molar-refractivity contribution in [3.8, 4) is 0 Å². The normalized spacial score (nSPS) is 21.0. The first kappa shape index (κ1) is 10.2. The van der Waals surface area contributed by atoms with Gasteiger partial charge in [-0.3, -0.25) is 14.7 Å². The monoisotopic (exact) mass is 227 g/mol. The van der Waals surface area contributed by atoms with Crippen LogP contribution in [0.15, 0.2) is 17.1 Å². The Morgan fingerprint density at radius 2 is 2.40 bits per heavy atom. The Hall–Kier alpha value is -1.36. The number of anilines is 1. The minimum atomic E-state index is -0.449. The quantitative estimate of drug-likeness (QED) is 0.742. The molecule has 1 aliphatic rings. The Morgan fingerprint density at radius 1 is 1.60 bits per heavy atom. The van der Waals surface area contributed by atoms with Crippen molar-refractivity contribution in [2.45, 2.75) is 6.42 Å². The summed E-state index contributed by atoms with van der Waals surface area (Å²) in [5, 5.41) is 0. The number of alkyl halides is 1. The molecule has 6 heteroatoms. The van der Waals surface area contributed by atoms with Crippen molar-refractivity contribution in [3.05, 3.63) is 22.7 Å². The van der Waals surface area contributed by atoms with Crippen molar-refractivity contribution >= 4 is 23.3 Å². The van der Waals surface area contributed by atoms with Gasteiger partial charge in [0, 0.05) is 25.0 Å². The van der Waals surface area contributed by atoms with Crippen LogP contribution in [0, 0.1) is 5.92 Å². The third-order valence-electron chi connectivity index (χ3n) is 2.37. The number of nitrogens with one attached hydrogen (secondary N) is 1. The van der Waals surface area contributed by atoms with Crippen LogP contribution in [-0.2, 0) is 4.79 Å². The van der Waals surface area contributed by atoms with Crippen molar-refractivity contribution in [3.63, 3.8) is 0 Å². The second kappa shape index (κ2) is 4.02. The molecule has 0 aromatic carbocycles. The molecular weight excluding hydrogens is 218 g/mol. The minimum Gasteiger partial charge on any atom is -0.298 e. The maximum atomic E-state index is 11.6. The summed E-state index contributed by atoms with van der Waals surface area (Å²) in [5.74, 6) is 1.10. The lowest BCUT2D eigenvalue weighted by Gasteiger charge is -2.14. The van der Waals surface area contributed by atoms with E-state index in [1.165, 1.54) is 11.1 Å². The third kappa shape index (κ3) is 2.02. The zero-order chi connectivity index (χ0) is 10.8. The zero-order valence-corrected chi connectivity index (χ0v) is 8.70. The maximum Gasteiger partial charge on any atom is 0.346 e. The molecule has 2 rings (SSSR count). The smallest absolute Gasteiger partial charge is 0.298 e. The lowest BCUT2D eigenvalue weighted by molar-refractivity contribution is -0.117. The molecule has 1 aromatic rings. The molecule has 1 unspecified atom stereocenters. The molecule has 1 amide bonds. The maximum absolute atomic E-state index is 11.6. The lowest BCUT2D eigenvalue weighted by atomic mass is 10.2. The summed E-state index contributed by atoms with van der Waals surface area (Å²) in [6, 6.07) is 1.61. The highest BCUT2D eigenvalue weighted by Crippen LogP contribution is 2.22. The summed E-state index contributed by atoms with van der Waals surface area (Å²) < 4.78 is 0. The summed E-state index contributed by atoms with van der Waals surface area (Å²) in [7, 11) is 0. The fourth-order valence-electron chi connectivity index (χ4n) is 1.63. The highest BCUT2D eigenvalue weighted by Gasteiger charge is 2.30. The zero-order valence-electron chi connectivity index (χ0n) is 7.94. The molecule has 80 valence electrons. The Kier molecular flexibility index (Phi) is 2.73. The number of aromatic nitrogens is 2. The Bertz CT molecular complexity index is 431. The molecule has 0 radical (unpaired) electrons. The van der Waals surface area contributed by atoms with Gasteiger partial charge in [0.2, 0.25) is 5.91 Å². The molecular formula is C9H10ClN3O2. The number of hydrogen-bond acceptors (Lipinski definition) is 3. The highest BCUT2D eigenvalue weighted by atomic mass is 35.5. The van der Waals surface area contributed by atoms with E-state index in [-0.39, 0.29) is 11.8 Å². The van der Waals surface area contributed by atoms with Crippen LogP contribution in [0.1, 0.15) is 6.42 Å². The Labute approximate surface area is 91.1 Å². The fourth-order valence-corrected chi connectivity index (χ4v) is 1.84. The van der Waals surface area contributed by atoms with E-state index in [1.807, 2.05) is 0 Å². The van der Waals surface area contributed by atoms with Crippen LogP contribution in [0.4, 0.5) is 5.82 Å². The number of carbonyl (C=O) groups is 1. The summed E-state index contributed by atoms with van der Waals surface area (Å²) in [6.07, 6.45) is 1.82. The van der Waals surface area contributed by atoms with Crippen molar-refractivity contribution in [1.82, 2.24) is 9.97 Å². The minimum absolute atomic E-state index is 0.0116. The second-order valence-corrected chi connectivity index (χ2v) is 3.80. The number of carbonyl (C=O) groups excluding carboxylic acids is 1. The fraction of sp³-hybridized carbons (Fsp3) is 0.444. The molecule has 0 spiro atoms. The topological polar surface area (TPSA) is 66.1 Å². The Morgan fingerprint density at radius 3 is 3.00 bits per heavy atom. The Balaban J connectivity index is 2.25. The molecule has 15 heavy (non-hydrogen) atoms. The summed E-state index contributed by atoms with van der Waals surface area (Å²) >= 11 is 5.69. The van der Waals surface area contributed by atoms with Crippen LogP contribution in [-0.4, -0.2) is 28.3 Å². The SMILES string of the molecule is O=C1CC(CCl)CN1c1ccnc(=O)[nH]1. The predicted octanol–water partition coefficient (Wildman–Crippen LogP) is 0.362. The van der Waals surface area contributed by atoms with Crippen LogP contribution < -0.4 is 10.6 Å². The average Bonchev–Trinajstić information content (AvgIpc) is 2.60. The molecule has 5 nitrogen and oxygen atoms in total. The number of halogens is 1. The molecule has 0 bridgehead atoms. The molecule has 1 fully saturated rings. The van der Waals surface area contributed by atoms with Gasteiger partial charge in [-0.05, 0) is 12.0 Å². The van der Waals surface area contributed by atoms with Gasteiger partial charge in [-0.25, -0.2) is 9.78 Å². The van der Waals surface area contributed by atoms with Gasteiger partial charge < -0.3 is 0 Å². The number of nitrogens with zero attached hydrogens (tertiary/aromatic N) is 2. The molecule has 0 saturated carbocycles. The van der Waals surface area contributed by atoms with Crippen LogP contribution in [0.25, 0.3) is 0 Å². The van der Waals surface area contributed by atoms with Gasteiger partial charge in [0.15, 0.2) is 0 Å². The van der Waals surface area contributed by atoms with Crippen molar-refractivity contribution in [2.75, 3.05) is 17.3 Å². The van der Waals surface area contributed by atoms with E-state index in [0.717, 1.165) is 0 Å². The van der Waals surface area contributed by atoms with Gasteiger partial charge >= 0.3 is 5.69 Å². The first-order valence-electron chi connectivity index (χ1n) is 4.62. The van der Waals surface area contributed by atoms with Crippen molar-refractivity contribution in [1.29, 1.82) is 0 Å². The van der Waals surface area contributed by atoms with Crippen LogP contribution in [0.5, 0.6) is 0 Å². The van der Waals surface area contributed by atoms with E-state index in [9.17, 15) is 9.59 Å². The predicted molar refractivity (Wildman–Crippen MR) is 56.0 cm³/mol. The van der Waals surface area contributed by atoms with Crippen molar-refractivity contribution < 1.29 is 4.79 Å². The summed E-state index contributed by atoms with van der Waals surface area (Å²) in [4.78, 5) is 30.1. The van der Waals surface area contributed by atoms with E-state index in [0.29, 0.717) is 24.7 Å². The van der Waals surface area contributed by atoms with Crippen molar-refractivity contribution in [2.24, 2.45) is 5.92 Å². The summed E-state index contributed by atoms with van der Waals surface area (Å²) in [6.45, 7) is 0.558. The van der Waals surface area contributed by atoms with Gasteiger partial charge in [0.05, 0.1) is 0 Å². The largest absolute Gasteiger partial charge is 0.346 e. The number of rotatable bonds is 2. The second-order valence-electron chi connectivity index (χ2n) is 3.49. The third-order valence-corrected chi connectivity index (χ3v) is 2.81. The van der Waals surface area contributed by atoms with E-state index in [2.05, 4.69) is 9.97 Å². The molecule has 1 N–H and O–H groups in total. The van der Waals surface area contributed by atoms with E-state index < -0.39 is 5.69 Å². The van der Waals surface area contributed by atoms with Gasteiger partial charge in [-0.15, -0.1) is 11.6 Å². The van der Waals surface area contributed by atoms with Gasteiger partial charge in [0.25, 0.3) is 0 Å². The molecule has 1 saturated heterocycles. The van der Waals surface area contributed by atoms with Gasteiger partial charge in [0.1, 0.15) is 5.82 Å². The number of H-pyrrole nitrogens is 1. The highest BCUT2D eigenvalue weighted by molar-refractivity contribution is 6.18. The standard InChI is InChI=1S/C9H10ClN3O2/c10-4-6-3-8(14)13(5-6)7-1-2-11-9(15)12-7/h1-2,6H,3-5H2,(H,11,12,15). The molecule has 1 aliphatic heterocycles. The van der Waals surface area contributed by atoms with Gasteiger partial charge in [-0.2, -0.15) is 0 Å². The number of amides is 1. The lowest BCUT2D eigenvalue weighted by Crippen LogP contribution is -2.28. The summed E-state index contributed by atoms with van der Waals surface area (Å²) in [5.41, 5.74) is -0.449. The van der Waals surface area contributed by atoms with E-state index in [1.54, 1.807) is 6.07 Å². The molecule has 0 aliphatic carbocycles. The molecule has 1 aromatic heterocycles. The van der Waals surface area contributed by atoms with Crippen LogP contribution in [0.3, 0.4) is 0 Å². The van der Waals surface area contributed by atoms with Crippen LogP contribution >= 0.6 is 11.6 Å². The van der Waals surface area contributed by atoms with E-state index in [4.69, 9.17) is 11.6 Å². The van der Waals surface area contributed by atoms with Gasteiger partial charge in [-0.1, -0.05) is 0 Å². The first-order valence-corrected chi connectivity index (χ1v) is 5.16. The number of aromatic amines is 1. The number of hydrogen-bond donors (Lipinski definition) is 1. The molecule has 2 heterocycles. The first-order chi connectivity index (χ1) is 7.20. The molecule has 1 atom stereocenters. The van der Waals surface area contributed by atoms with E-state index >= 15 is 0 Å².